The van der Waals surface area contributed by atoms with E-state index in [1.165, 1.54) is 18.2 Å². The molecule has 2 aromatic heterocycles. The summed E-state index contributed by atoms with van der Waals surface area (Å²) in [7, 11) is 0. The number of aryl methyl sites for hydroxylation is 2. The number of aromatic nitrogens is 2. The van der Waals surface area contributed by atoms with Gasteiger partial charge < -0.3 is 13.6 Å². The van der Waals surface area contributed by atoms with Crippen molar-refractivity contribution >= 4 is 17.7 Å². The van der Waals surface area contributed by atoms with Crippen LogP contribution in [-0.2, 0) is 16.1 Å². The van der Waals surface area contributed by atoms with Crippen LogP contribution < -0.4 is 0 Å². The standard InChI is InChI=1S/C18H15N3O6/c1-11-9-14(12(2)26-11)18-20-19-16(27-18)10-25-17(22)8-7-13-5-3-4-6-15(13)21(23)24/h3-9H,10H2,1-2H3/b8-7+. The van der Waals surface area contributed by atoms with Crippen LogP contribution in [0.1, 0.15) is 23.0 Å². The second-order valence-electron chi connectivity index (χ2n) is 5.58. The first kappa shape index (κ1) is 18.1. The molecule has 9 nitrogen and oxygen atoms in total. The van der Waals surface area contributed by atoms with Gasteiger partial charge in [0.2, 0.25) is 0 Å². The highest BCUT2D eigenvalue weighted by Gasteiger charge is 2.15. The molecule has 3 aromatic rings. The van der Waals surface area contributed by atoms with Crippen molar-refractivity contribution in [1.82, 2.24) is 10.2 Å². The zero-order chi connectivity index (χ0) is 19.4. The molecule has 138 valence electrons. The lowest BCUT2D eigenvalue weighted by Gasteiger charge is -1.98. The van der Waals surface area contributed by atoms with E-state index in [9.17, 15) is 14.9 Å². The van der Waals surface area contributed by atoms with Crippen LogP contribution in [0.3, 0.4) is 0 Å². The SMILES string of the molecule is Cc1cc(-c2nnc(COC(=O)/C=C/c3ccccc3[N+](=O)[O-])o2)c(C)o1. The van der Waals surface area contributed by atoms with E-state index < -0.39 is 10.9 Å². The zero-order valence-electron chi connectivity index (χ0n) is 14.5. The molecule has 2 heterocycles. The lowest BCUT2D eigenvalue weighted by Crippen LogP contribution is -2.01. The van der Waals surface area contributed by atoms with E-state index in [1.807, 2.05) is 0 Å². The molecule has 0 saturated heterocycles. The molecule has 0 aliphatic carbocycles. The van der Waals surface area contributed by atoms with Crippen molar-refractivity contribution in [3.05, 3.63) is 69.5 Å². The van der Waals surface area contributed by atoms with Crippen molar-refractivity contribution in [3.63, 3.8) is 0 Å². The molecule has 0 aliphatic heterocycles. The number of furan rings is 1. The number of ether oxygens (including phenoxy) is 1. The number of carbonyl (C=O) groups is 1. The number of para-hydroxylation sites is 1. The van der Waals surface area contributed by atoms with Crippen molar-refractivity contribution < 1.29 is 23.3 Å². The van der Waals surface area contributed by atoms with Crippen molar-refractivity contribution in [2.75, 3.05) is 0 Å². The predicted octanol–water partition coefficient (Wildman–Crippen LogP) is 3.61. The molecule has 0 radical (unpaired) electrons. The maximum atomic E-state index is 11.8. The van der Waals surface area contributed by atoms with Crippen molar-refractivity contribution in [2.45, 2.75) is 20.5 Å². The largest absolute Gasteiger partial charge is 0.466 e. The van der Waals surface area contributed by atoms with Crippen LogP contribution >= 0.6 is 0 Å². The van der Waals surface area contributed by atoms with Crippen LogP contribution in [0.4, 0.5) is 5.69 Å². The van der Waals surface area contributed by atoms with E-state index in [0.717, 1.165) is 6.08 Å². The molecule has 0 spiro atoms. The van der Waals surface area contributed by atoms with Gasteiger partial charge in [-0.15, -0.1) is 10.2 Å². The predicted molar refractivity (Wildman–Crippen MR) is 93.4 cm³/mol. The van der Waals surface area contributed by atoms with Gasteiger partial charge in [-0.25, -0.2) is 4.79 Å². The molecule has 0 aliphatic rings. The Morgan fingerprint density at radius 1 is 1.26 bits per heavy atom. The van der Waals surface area contributed by atoms with Crippen molar-refractivity contribution in [2.24, 2.45) is 0 Å². The minimum Gasteiger partial charge on any atom is -0.466 e. The fraction of sp³-hybridized carbons (Fsp3) is 0.167. The Bertz CT molecular complexity index is 1020. The van der Waals surface area contributed by atoms with Gasteiger partial charge in [0.1, 0.15) is 11.5 Å². The number of esters is 1. The van der Waals surface area contributed by atoms with Crippen LogP contribution in [0.2, 0.25) is 0 Å². The van der Waals surface area contributed by atoms with Gasteiger partial charge in [0.05, 0.1) is 16.1 Å². The molecule has 0 atom stereocenters. The highest BCUT2D eigenvalue weighted by molar-refractivity contribution is 5.87. The number of nitro benzene ring substituents is 1. The fourth-order valence-electron chi connectivity index (χ4n) is 2.40. The number of rotatable bonds is 6. The monoisotopic (exact) mass is 369 g/mol. The molecule has 9 heteroatoms. The normalized spacial score (nSPS) is 11.0. The molecular formula is C18H15N3O6. The number of hydrogen-bond donors (Lipinski definition) is 0. The second kappa shape index (κ2) is 7.65. The van der Waals surface area contributed by atoms with Crippen LogP contribution in [0, 0.1) is 24.0 Å². The summed E-state index contributed by atoms with van der Waals surface area (Å²) in [5.74, 6) is 1.06. The highest BCUT2D eigenvalue weighted by atomic mass is 16.6. The molecule has 0 bridgehead atoms. The highest BCUT2D eigenvalue weighted by Crippen LogP contribution is 2.25. The van der Waals surface area contributed by atoms with Gasteiger partial charge in [0, 0.05) is 12.1 Å². The minimum absolute atomic E-state index is 0.103. The number of carbonyl (C=O) groups excluding carboxylic acids is 1. The molecule has 0 unspecified atom stereocenters. The lowest BCUT2D eigenvalue weighted by atomic mass is 10.1. The summed E-state index contributed by atoms with van der Waals surface area (Å²) in [6, 6.07) is 7.84. The van der Waals surface area contributed by atoms with Crippen LogP contribution in [0.15, 0.2) is 45.2 Å². The molecular weight excluding hydrogens is 354 g/mol. The summed E-state index contributed by atoms with van der Waals surface area (Å²) in [6.07, 6.45) is 2.42. The van der Waals surface area contributed by atoms with Gasteiger partial charge >= 0.3 is 5.97 Å². The number of benzene rings is 1. The Hall–Kier alpha value is -3.75. The van der Waals surface area contributed by atoms with E-state index in [4.69, 9.17) is 13.6 Å². The number of hydrogen-bond acceptors (Lipinski definition) is 8. The van der Waals surface area contributed by atoms with Gasteiger partial charge in [-0.05, 0) is 32.1 Å². The van der Waals surface area contributed by atoms with E-state index in [2.05, 4.69) is 10.2 Å². The Kier molecular flexibility index (Phi) is 5.11. The Morgan fingerprint density at radius 3 is 2.74 bits per heavy atom. The second-order valence-corrected chi connectivity index (χ2v) is 5.58. The molecule has 3 rings (SSSR count). The molecule has 0 N–H and O–H groups in total. The molecule has 27 heavy (non-hydrogen) atoms. The van der Waals surface area contributed by atoms with Gasteiger partial charge in [-0.1, -0.05) is 12.1 Å². The third-order valence-corrected chi connectivity index (χ3v) is 3.61. The van der Waals surface area contributed by atoms with Crippen LogP contribution in [0.25, 0.3) is 17.5 Å². The third kappa shape index (κ3) is 4.27. The van der Waals surface area contributed by atoms with E-state index in [-0.39, 0.29) is 24.1 Å². The minimum atomic E-state index is -0.691. The first-order valence-electron chi connectivity index (χ1n) is 7.92. The smallest absolute Gasteiger partial charge is 0.331 e. The quantitative estimate of drug-likeness (QED) is 0.279. The number of nitrogens with zero attached hydrogens (tertiary/aromatic N) is 3. The Labute approximate surface area is 153 Å². The number of nitro groups is 1. The van der Waals surface area contributed by atoms with E-state index in [1.54, 1.807) is 32.0 Å². The maximum absolute atomic E-state index is 11.8. The van der Waals surface area contributed by atoms with Crippen molar-refractivity contribution in [3.8, 4) is 11.5 Å². The first-order chi connectivity index (χ1) is 12.9. The zero-order valence-corrected chi connectivity index (χ0v) is 14.5. The van der Waals surface area contributed by atoms with Gasteiger partial charge in [-0.2, -0.15) is 0 Å². The summed E-state index contributed by atoms with van der Waals surface area (Å²) in [6.45, 7) is 3.36. The Balaban J connectivity index is 1.62. The van der Waals surface area contributed by atoms with Gasteiger partial charge in [-0.3, -0.25) is 10.1 Å². The van der Waals surface area contributed by atoms with Gasteiger partial charge in [0.15, 0.2) is 6.61 Å². The van der Waals surface area contributed by atoms with E-state index >= 15 is 0 Å². The fourth-order valence-corrected chi connectivity index (χ4v) is 2.40. The lowest BCUT2D eigenvalue weighted by molar-refractivity contribution is -0.385. The molecule has 0 amide bonds. The average Bonchev–Trinajstić information content (AvgIpc) is 3.24. The van der Waals surface area contributed by atoms with E-state index in [0.29, 0.717) is 22.6 Å². The van der Waals surface area contributed by atoms with Crippen LogP contribution in [0.5, 0.6) is 0 Å². The third-order valence-electron chi connectivity index (χ3n) is 3.61. The van der Waals surface area contributed by atoms with Crippen molar-refractivity contribution in [1.29, 1.82) is 0 Å². The molecule has 1 aromatic carbocycles. The summed E-state index contributed by atoms with van der Waals surface area (Å²) < 4.78 is 15.9. The summed E-state index contributed by atoms with van der Waals surface area (Å²) >= 11 is 0. The molecule has 0 saturated carbocycles. The summed E-state index contributed by atoms with van der Waals surface area (Å²) in [4.78, 5) is 22.2. The first-order valence-corrected chi connectivity index (χ1v) is 7.92. The average molecular weight is 369 g/mol. The molecule has 0 fully saturated rings. The summed E-state index contributed by atoms with van der Waals surface area (Å²) in [5, 5.41) is 18.7. The Morgan fingerprint density at radius 2 is 2.04 bits per heavy atom. The van der Waals surface area contributed by atoms with Crippen LogP contribution in [-0.4, -0.2) is 21.1 Å². The summed E-state index contributed by atoms with van der Waals surface area (Å²) in [5.41, 5.74) is 0.869. The van der Waals surface area contributed by atoms with Gasteiger partial charge in [0.25, 0.3) is 17.5 Å². The maximum Gasteiger partial charge on any atom is 0.331 e. The topological polar surface area (TPSA) is 122 Å².